The van der Waals surface area contributed by atoms with Gasteiger partial charge in [-0.3, -0.25) is 9.59 Å². The van der Waals surface area contributed by atoms with E-state index in [9.17, 15) is 19.5 Å². The molecule has 1 aliphatic rings. The molecule has 0 aromatic heterocycles. The lowest BCUT2D eigenvalue weighted by Crippen LogP contribution is -2.48. The highest BCUT2D eigenvalue weighted by atomic mass is 16.4. The lowest BCUT2D eigenvalue weighted by Gasteiger charge is -2.18. The van der Waals surface area contributed by atoms with Crippen molar-refractivity contribution in [3.63, 3.8) is 0 Å². The number of hydrogen-bond acceptors (Lipinski definition) is 4. The Labute approximate surface area is 124 Å². The highest BCUT2D eigenvalue weighted by Crippen LogP contribution is 2.28. The zero-order valence-electron chi connectivity index (χ0n) is 12.4. The number of hydrogen-bond donors (Lipinski definition) is 4. The second-order valence-electron chi connectivity index (χ2n) is 5.82. The molecule has 21 heavy (non-hydrogen) atoms. The van der Waals surface area contributed by atoms with Crippen molar-refractivity contribution in [3.8, 4) is 0 Å². The van der Waals surface area contributed by atoms with Crippen molar-refractivity contribution in [1.29, 1.82) is 0 Å². The Morgan fingerprint density at radius 2 is 1.76 bits per heavy atom. The topological polar surface area (TPSA) is 116 Å². The average molecular weight is 300 g/mol. The fourth-order valence-corrected chi connectivity index (χ4v) is 2.31. The van der Waals surface area contributed by atoms with Crippen molar-refractivity contribution in [3.05, 3.63) is 0 Å². The Bertz CT molecular complexity index is 389. The van der Waals surface area contributed by atoms with Crippen LogP contribution in [0.25, 0.3) is 0 Å². The SMILES string of the molecule is CC(O)(CNC(=O)CNC(=O)CCC1CCCC1)C(=O)O. The molecule has 7 heteroatoms. The van der Waals surface area contributed by atoms with E-state index in [1.807, 2.05) is 0 Å². The standard InChI is InChI=1S/C14H24N2O5/c1-14(21,13(19)20)9-16-12(18)8-15-11(17)7-6-10-4-2-3-5-10/h10,21H,2-9H2,1H3,(H,15,17)(H,16,18)(H,19,20). The van der Waals surface area contributed by atoms with Crippen LogP contribution in [0.2, 0.25) is 0 Å². The molecule has 0 aromatic rings. The molecule has 2 amide bonds. The van der Waals surface area contributed by atoms with E-state index in [1.165, 1.54) is 25.7 Å². The second-order valence-corrected chi connectivity index (χ2v) is 5.82. The number of carboxylic acid groups (broad SMARTS) is 1. The maximum Gasteiger partial charge on any atom is 0.337 e. The maximum atomic E-state index is 11.6. The van der Waals surface area contributed by atoms with E-state index < -0.39 is 24.0 Å². The molecule has 0 heterocycles. The van der Waals surface area contributed by atoms with Crippen LogP contribution in [0.15, 0.2) is 0 Å². The van der Waals surface area contributed by atoms with Gasteiger partial charge in [0, 0.05) is 6.42 Å². The summed E-state index contributed by atoms with van der Waals surface area (Å²) in [5.41, 5.74) is -2.01. The van der Waals surface area contributed by atoms with Gasteiger partial charge in [0.05, 0.1) is 13.1 Å². The van der Waals surface area contributed by atoms with Crippen molar-refractivity contribution >= 4 is 17.8 Å². The van der Waals surface area contributed by atoms with Gasteiger partial charge in [0.15, 0.2) is 5.60 Å². The fourth-order valence-electron chi connectivity index (χ4n) is 2.31. The number of aliphatic hydroxyl groups is 1. The molecule has 1 atom stereocenters. The zero-order valence-corrected chi connectivity index (χ0v) is 12.4. The minimum absolute atomic E-state index is 0.179. The number of rotatable bonds is 8. The molecule has 7 nitrogen and oxygen atoms in total. The predicted molar refractivity (Wildman–Crippen MR) is 75.5 cm³/mol. The monoisotopic (exact) mass is 300 g/mol. The van der Waals surface area contributed by atoms with Crippen molar-refractivity contribution in [2.45, 2.75) is 51.0 Å². The van der Waals surface area contributed by atoms with Crippen LogP contribution in [0.4, 0.5) is 0 Å². The summed E-state index contributed by atoms with van der Waals surface area (Å²) in [4.78, 5) is 33.7. The molecular formula is C14H24N2O5. The highest BCUT2D eigenvalue weighted by molar-refractivity contribution is 5.85. The van der Waals surface area contributed by atoms with Gasteiger partial charge in [-0.15, -0.1) is 0 Å². The molecule has 0 bridgehead atoms. The third kappa shape index (κ3) is 6.57. The minimum Gasteiger partial charge on any atom is -0.479 e. The van der Waals surface area contributed by atoms with E-state index in [0.29, 0.717) is 12.3 Å². The van der Waals surface area contributed by atoms with Crippen LogP contribution in [0.1, 0.15) is 45.4 Å². The molecule has 0 aliphatic heterocycles. The van der Waals surface area contributed by atoms with Crippen molar-refractivity contribution in [2.75, 3.05) is 13.1 Å². The molecule has 0 spiro atoms. The zero-order chi connectivity index (χ0) is 15.9. The molecule has 1 aliphatic carbocycles. The third-order valence-corrected chi connectivity index (χ3v) is 3.79. The number of amides is 2. The largest absolute Gasteiger partial charge is 0.479 e. The van der Waals surface area contributed by atoms with Crippen LogP contribution >= 0.6 is 0 Å². The van der Waals surface area contributed by atoms with E-state index in [1.54, 1.807) is 0 Å². The number of nitrogens with one attached hydrogen (secondary N) is 2. The van der Waals surface area contributed by atoms with E-state index in [-0.39, 0.29) is 12.5 Å². The number of carbonyl (C=O) groups is 3. The first kappa shape index (κ1) is 17.4. The first-order chi connectivity index (χ1) is 9.81. The fraction of sp³-hybridized carbons (Fsp3) is 0.786. The van der Waals surface area contributed by atoms with Gasteiger partial charge in [-0.1, -0.05) is 25.7 Å². The van der Waals surface area contributed by atoms with Gasteiger partial charge >= 0.3 is 5.97 Å². The Morgan fingerprint density at radius 3 is 2.33 bits per heavy atom. The van der Waals surface area contributed by atoms with Gasteiger partial charge in [-0.2, -0.15) is 0 Å². The van der Waals surface area contributed by atoms with Crippen molar-refractivity contribution < 1.29 is 24.6 Å². The molecule has 1 rings (SSSR count). The number of carbonyl (C=O) groups excluding carboxylic acids is 2. The van der Waals surface area contributed by atoms with E-state index in [2.05, 4.69) is 10.6 Å². The van der Waals surface area contributed by atoms with E-state index >= 15 is 0 Å². The first-order valence-corrected chi connectivity index (χ1v) is 7.30. The third-order valence-electron chi connectivity index (χ3n) is 3.79. The van der Waals surface area contributed by atoms with Gasteiger partial charge in [0.2, 0.25) is 11.8 Å². The summed E-state index contributed by atoms with van der Waals surface area (Å²) in [6, 6.07) is 0. The molecule has 1 fully saturated rings. The lowest BCUT2D eigenvalue weighted by molar-refractivity contribution is -0.156. The van der Waals surface area contributed by atoms with Crippen LogP contribution < -0.4 is 10.6 Å². The summed E-state index contributed by atoms with van der Waals surface area (Å²) in [6.45, 7) is 0.480. The quantitative estimate of drug-likeness (QED) is 0.504. The Hall–Kier alpha value is -1.63. The summed E-state index contributed by atoms with van der Waals surface area (Å²) < 4.78 is 0. The van der Waals surface area contributed by atoms with Crippen LogP contribution in [0, 0.1) is 5.92 Å². The van der Waals surface area contributed by atoms with Crippen LogP contribution in [-0.2, 0) is 14.4 Å². The Morgan fingerprint density at radius 1 is 1.14 bits per heavy atom. The molecule has 1 unspecified atom stereocenters. The number of carboxylic acids is 1. The Balaban J connectivity index is 2.14. The van der Waals surface area contributed by atoms with Gasteiger partial charge in [0.1, 0.15) is 0 Å². The molecule has 0 radical (unpaired) electrons. The van der Waals surface area contributed by atoms with E-state index in [0.717, 1.165) is 13.3 Å². The smallest absolute Gasteiger partial charge is 0.337 e. The molecule has 1 saturated carbocycles. The second kappa shape index (κ2) is 7.97. The van der Waals surface area contributed by atoms with Crippen LogP contribution in [-0.4, -0.2) is 46.7 Å². The summed E-state index contributed by atoms with van der Waals surface area (Å²) in [5.74, 6) is -1.49. The summed E-state index contributed by atoms with van der Waals surface area (Å²) in [6.07, 6.45) is 6.08. The van der Waals surface area contributed by atoms with Crippen LogP contribution in [0.5, 0.6) is 0 Å². The minimum atomic E-state index is -2.01. The van der Waals surface area contributed by atoms with Gasteiger partial charge in [-0.05, 0) is 19.3 Å². The Kier molecular flexibility index (Phi) is 6.61. The highest BCUT2D eigenvalue weighted by Gasteiger charge is 2.30. The average Bonchev–Trinajstić information content (AvgIpc) is 2.93. The molecule has 0 saturated heterocycles. The molecular weight excluding hydrogens is 276 g/mol. The van der Waals surface area contributed by atoms with Crippen molar-refractivity contribution in [2.24, 2.45) is 5.92 Å². The predicted octanol–water partition coefficient (Wildman–Crippen LogP) is 0.0248. The molecule has 120 valence electrons. The first-order valence-electron chi connectivity index (χ1n) is 7.30. The lowest BCUT2D eigenvalue weighted by atomic mass is 10.0. The van der Waals surface area contributed by atoms with Crippen molar-refractivity contribution in [1.82, 2.24) is 10.6 Å². The van der Waals surface area contributed by atoms with Gasteiger partial charge in [-0.25, -0.2) is 4.79 Å². The normalized spacial score (nSPS) is 18.0. The summed E-state index contributed by atoms with van der Waals surface area (Å²) >= 11 is 0. The van der Waals surface area contributed by atoms with E-state index in [4.69, 9.17) is 5.11 Å². The van der Waals surface area contributed by atoms with Gasteiger partial charge < -0.3 is 20.8 Å². The van der Waals surface area contributed by atoms with Gasteiger partial charge in [0.25, 0.3) is 0 Å². The molecule has 4 N–H and O–H groups in total. The summed E-state index contributed by atoms with van der Waals surface area (Å²) in [5, 5.41) is 22.9. The molecule has 0 aromatic carbocycles. The summed E-state index contributed by atoms with van der Waals surface area (Å²) in [7, 11) is 0. The number of aliphatic carboxylic acids is 1. The van der Waals surface area contributed by atoms with Crippen LogP contribution in [0.3, 0.4) is 0 Å². The maximum absolute atomic E-state index is 11.6.